The van der Waals surface area contributed by atoms with E-state index in [0.717, 1.165) is 67.0 Å². The molecular weight excluding hydrogens is 497 g/mol. The van der Waals surface area contributed by atoms with Gasteiger partial charge in [0.1, 0.15) is 5.82 Å². The van der Waals surface area contributed by atoms with Crippen LogP contribution in [0.1, 0.15) is 50.8 Å². The van der Waals surface area contributed by atoms with Crippen molar-refractivity contribution in [2.45, 2.75) is 59.2 Å². The lowest BCUT2D eigenvalue weighted by Crippen LogP contribution is -2.26. The number of nitrogens with zero attached hydrogens (tertiary/aromatic N) is 3. The van der Waals surface area contributed by atoms with E-state index in [1.165, 1.54) is 12.8 Å². The van der Waals surface area contributed by atoms with E-state index < -0.39 is 0 Å². The Morgan fingerprint density at radius 3 is 2.29 bits per heavy atom. The summed E-state index contributed by atoms with van der Waals surface area (Å²) >= 11 is 6.23. The Bertz CT molecular complexity index is 1300. The molecule has 4 rings (SSSR count). The molecule has 4 aromatic rings. The number of aromatic nitrogens is 2. The maximum absolute atomic E-state index is 14.5. The Kier molecular flexibility index (Phi) is 9.97. The summed E-state index contributed by atoms with van der Waals surface area (Å²) < 4.78 is 22.0. The second-order valence-electron chi connectivity index (χ2n) is 9.64. The molecule has 0 amide bonds. The summed E-state index contributed by atoms with van der Waals surface area (Å²) in [7, 11) is 1.49. The molecule has 3 aromatic carbocycles. The van der Waals surface area contributed by atoms with E-state index >= 15 is 0 Å². The predicted molar refractivity (Wildman–Crippen MR) is 155 cm³/mol. The average molecular weight is 534 g/mol. The van der Waals surface area contributed by atoms with E-state index in [0.29, 0.717) is 18.1 Å². The first kappa shape index (κ1) is 27.9. The van der Waals surface area contributed by atoms with Crippen molar-refractivity contribution in [2.24, 2.45) is 0 Å². The van der Waals surface area contributed by atoms with Crippen LogP contribution in [0.25, 0.3) is 22.6 Å². The summed E-state index contributed by atoms with van der Waals surface area (Å²) in [6, 6.07) is 23.6. The Hall–Kier alpha value is -3.15. The summed E-state index contributed by atoms with van der Waals surface area (Å²) in [5.74, 6) is 0.913. The quantitative estimate of drug-likeness (QED) is 0.172. The van der Waals surface area contributed by atoms with Crippen LogP contribution < -0.4 is 4.74 Å². The van der Waals surface area contributed by atoms with E-state index in [4.69, 9.17) is 21.3 Å². The third kappa shape index (κ3) is 6.83. The van der Waals surface area contributed by atoms with Crippen LogP contribution in [-0.2, 0) is 19.6 Å². The van der Waals surface area contributed by atoms with Crippen molar-refractivity contribution in [3.63, 3.8) is 0 Å². The molecule has 1 aromatic heterocycles. The topological polar surface area (TPSA) is 30.3 Å². The van der Waals surface area contributed by atoms with Gasteiger partial charge in [-0.05, 0) is 49.2 Å². The molecule has 0 N–H and O–H groups in total. The van der Waals surface area contributed by atoms with Gasteiger partial charge in [0.15, 0.2) is 11.6 Å². The number of hydrogen-bond donors (Lipinski definition) is 0. The molecule has 0 fully saturated rings. The Labute approximate surface area is 231 Å². The molecule has 1 heterocycles. The molecule has 0 saturated carbocycles. The van der Waals surface area contributed by atoms with Gasteiger partial charge in [-0.15, -0.1) is 0 Å². The fourth-order valence-corrected chi connectivity index (χ4v) is 4.85. The van der Waals surface area contributed by atoms with Crippen LogP contribution in [0.3, 0.4) is 0 Å². The Morgan fingerprint density at radius 2 is 1.63 bits per heavy atom. The van der Waals surface area contributed by atoms with Gasteiger partial charge < -0.3 is 9.30 Å². The van der Waals surface area contributed by atoms with Gasteiger partial charge in [0.2, 0.25) is 0 Å². The largest absolute Gasteiger partial charge is 0.494 e. The van der Waals surface area contributed by atoms with E-state index in [1.807, 2.05) is 36.4 Å². The molecule has 0 spiro atoms. The van der Waals surface area contributed by atoms with Gasteiger partial charge in [-0.25, -0.2) is 9.37 Å². The normalized spacial score (nSPS) is 11.3. The van der Waals surface area contributed by atoms with Gasteiger partial charge >= 0.3 is 0 Å². The summed E-state index contributed by atoms with van der Waals surface area (Å²) in [6.07, 6.45) is 4.29. The number of rotatable bonds is 13. The zero-order valence-electron chi connectivity index (χ0n) is 22.6. The molecule has 0 unspecified atom stereocenters. The fourth-order valence-electron chi connectivity index (χ4n) is 4.72. The van der Waals surface area contributed by atoms with Gasteiger partial charge in [0.25, 0.3) is 0 Å². The monoisotopic (exact) mass is 533 g/mol. The van der Waals surface area contributed by atoms with E-state index in [9.17, 15) is 4.39 Å². The average Bonchev–Trinajstić information content (AvgIpc) is 3.29. The van der Waals surface area contributed by atoms with Crippen LogP contribution in [0.5, 0.6) is 5.75 Å². The Morgan fingerprint density at radius 1 is 0.895 bits per heavy atom. The molecule has 0 aliphatic rings. The molecule has 38 heavy (non-hydrogen) atoms. The highest BCUT2D eigenvalue weighted by molar-refractivity contribution is 6.30. The van der Waals surface area contributed by atoms with Gasteiger partial charge in [-0.2, -0.15) is 0 Å². The lowest BCUT2D eigenvalue weighted by atomic mass is 10.1. The molecule has 200 valence electrons. The second-order valence-corrected chi connectivity index (χ2v) is 10.1. The number of halogens is 2. The minimum Gasteiger partial charge on any atom is -0.494 e. The third-order valence-corrected chi connectivity index (χ3v) is 7.03. The molecule has 6 heteroatoms. The molecule has 0 bridgehead atoms. The van der Waals surface area contributed by atoms with Gasteiger partial charge in [-0.3, -0.25) is 4.90 Å². The van der Waals surface area contributed by atoms with Crippen LogP contribution in [0, 0.1) is 5.82 Å². The Balaban J connectivity index is 1.79. The highest BCUT2D eigenvalue weighted by Crippen LogP contribution is 2.32. The lowest BCUT2D eigenvalue weighted by molar-refractivity contribution is 0.246. The smallest absolute Gasteiger partial charge is 0.165 e. The molecule has 0 saturated heterocycles. The van der Waals surface area contributed by atoms with E-state index in [-0.39, 0.29) is 11.6 Å². The van der Waals surface area contributed by atoms with Crippen LogP contribution in [0.4, 0.5) is 4.39 Å². The van der Waals surface area contributed by atoms with Crippen molar-refractivity contribution in [3.05, 3.63) is 94.9 Å². The van der Waals surface area contributed by atoms with Crippen LogP contribution >= 0.6 is 11.6 Å². The first-order valence-corrected chi connectivity index (χ1v) is 13.9. The fraction of sp³-hybridized carbons (Fsp3) is 0.344. The number of benzene rings is 3. The molecule has 0 aliphatic carbocycles. The summed E-state index contributed by atoms with van der Waals surface area (Å²) in [5.41, 5.74) is 5.21. The minimum atomic E-state index is -0.332. The second kappa shape index (κ2) is 13.6. The van der Waals surface area contributed by atoms with Crippen molar-refractivity contribution < 1.29 is 9.13 Å². The number of imidazole rings is 1. The van der Waals surface area contributed by atoms with Crippen molar-refractivity contribution in [1.82, 2.24) is 14.5 Å². The highest BCUT2D eigenvalue weighted by Gasteiger charge is 2.22. The first-order valence-electron chi connectivity index (χ1n) is 13.5. The molecular formula is C32H37ClFN3O. The maximum atomic E-state index is 14.5. The number of methoxy groups -OCH3 is 1. The zero-order valence-corrected chi connectivity index (χ0v) is 23.3. The molecule has 0 radical (unpaired) electrons. The van der Waals surface area contributed by atoms with Crippen LogP contribution in [0.15, 0.2) is 72.8 Å². The highest BCUT2D eigenvalue weighted by atomic mass is 35.5. The number of hydrogen-bond acceptors (Lipinski definition) is 3. The molecule has 0 aliphatic heterocycles. The van der Waals surface area contributed by atoms with Crippen molar-refractivity contribution in [3.8, 4) is 28.4 Å². The standard InChI is InChI=1S/C32H37ClFN3O/c1-4-6-19-36(22-24-13-18-30(38-3)28(34)21-24)23-29-31(25-14-16-27(33)17-15-25)35-32(37(29)20-7-5-2)26-11-9-8-10-12-26/h8-18,21H,4-7,19-20,22-23H2,1-3H3. The first-order chi connectivity index (χ1) is 18.5. The predicted octanol–water partition coefficient (Wildman–Crippen LogP) is 8.62. The van der Waals surface area contributed by atoms with Gasteiger partial charge in [0, 0.05) is 35.8 Å². The van der Waals surface area contributed by atoms with Crippen molar-refractivity contribution in [2.75, 3.05) is 13.7 Å². The zero-order chi connectivity index (χ0) is 26.9. The summed E-state index contributed by atoms with van der Waals surface area (Å²) in [4.78, 5) is 7.63. The molecule has 0 atom stereocenters. The SMILES string of the molecule is CCCCN(Cc1ccc(OC)c(F)c1)Cc1c(-c2ccc(Cl)cc2)nc(-c2ccccc2)n1CCCC. The summed E-state index contributed by atoms with van der Waals surface area (Å²) in [5, 5.41) is 0.704. The van der Waals surface area contributed by atoms with Crippen molar-refractivity contribution >= 4 is 11.6 Å². The summed E-state index contributed by atoms with van der Waals surface area (Å²) in [6.45, 7) is 7.54. The van der Waals surface area contributed by atoms with E-state index in [1.54, 1.807) is 12.1 Å². The lowest BCUT2D eigenvalue weighted by Gasteiger charge is -2.24. The number of ether oxygens (including phenoxy) is 1. The van der Waals surface area contributed by atoms with Gasteiger partial charge in [0.05, 0.1) is 18.5 Å². The minimum absolute atomic E-state index is 0.268. The van der Waals surface area contributed by atoms with Crippen LogP contribution in [0.2, 0.25) is 5.02 Å². The maximum Gasteiger partial charge on any atom is 0.165 e. The third-order valence-electron chi connectivity index (χ3n) is 6.78. The van der Waals surface area contributed by atoms with E-state index in [2.05, 4.69) is 47.6 Å². The molecule has 4 nitrogen and oxygen atoms in total. The van der Waals surface area contributed by atoms with Crippen molar-refractivity contribution in [1.29, 1.82) is 0 Å². The van der Waals surface area contributed by atoms with Crippen LogP contribution in [-0.4, -0.2) is 28.1 Å². The van der Waals surface area contributed by atoms with Gasteiger partial charge in [-0.1, -0.05) is 86.8 Å². The number of unbranched alkanes of at least 4 members (excludes halogenated alkanes) is 2.